The smallest absolute Gasteiger partial charge is 0.305 e. The summed E-state index contributed by atoms with van der Waals surface area (Å²) in [7, 11) is 0. The van der Waals surface area contributed by atoms with Gasteiger partial charge >= 0.3 is 5.97 Å². The fraction of sp³-hybridized carbons (Fsp3) is 0.839. The molecule has 0 aromatic carbocycles. The van der Waals surface area contributed by atoms with Crippen molar-refractivity contribution in [3.8, 4) is 0 Å². The Balaban J connectivity index is 3.44. The zero-order valence-corrected chi connectivity index (χ0v) is 45.3. The van der Waals surface area contributed by atoms with Crippen LogP contribution in [0.4, 0.5) is 0 Å². The molecule has 3 N–H and O–H groups in total. The minimum atomic E-state index is -0.848. The molecule has 0 aromatic heterocycles. The molecule has 0 aliphatic heterocycles. The normalized spacial score (nSPS) is 12.9. The van der Waals surface area contributed by atoms with Crippen LogP contribution in [0.3, 0.4) is 0 Å². The van der Waals surface area contributed by atoms with Crippen LogP contribution in [-0.4, -0.2) is 47.4 Å². The zero-order valence-electron chi connectivity index (χ0n) is 45.3. The van der Waals surface area contributed by atoms with Gasteiger partial charge in [0, 0.05) is 12.8 Å². The van der Waals surface area contributed by atoms with Crippen molar-refractivity contribution in [1.82, 2.24) is 5.32 Å². The maximum Gasteiger partial charge on any atom is 0.305 e. The van der Waals surface area contributed by atoms with Gasteiger partial charge in [0.05, 0.1) is 25.4 Å². The van der Waals surface area contributed by atoms with Gasteiger partial charge in [-0.1, -0.05) is 262 Å². The van der Waals surface area contributed by atoms with Crippen molar-refractivity contribution in [3.63, 3.8) is 0 Å². The van der Waals surface area contributed by atoms with Crippen LogP contribution in [0.15, 0.2) is 48.6 Å². The number of amides is 1. The first kappa shape index (κ1) is 65.8. The van der Waals surface area contributed by atoms with Crippen molar-refractivity contribution in [2.45, 2.75) is 321 Å². The predicted octanol–water partition coefficient (Wildman–Crippen LogP) is 18.6. The number of carbonyl (C=O) groups is 2. The van der Waals surface area contributed by atoms with E-state index in [4.69, 9.17) is 4.74 Å². The lowest BCUT2D eigenvalue weighted by molar-refractivity contribution is -0.143. The third-order valence-electron chi connectivity index (χ3n) is 13.6. The summed E-state index contributed by atoms with van der Waals surface area (Å²) in [6, 6.07) is -0.633. The number of allylic oxidation sites excluding steroid dienone is 7. The highest BCUT2D eigenvalue weighted by Crippen LogP contribution is 2.16. The molecule has 1 amide bonds. The van der Waals surface area contributed by atoms with Gasteiger partial charge < -0.3 is 20.3 Å². The van der Waals surface area contributed by atoms with Crippen LogP contribution in [0.1, 0.15) is 309 Å². The van der Waals surface area contributed by atoms with E-state index in [-0.39, 0.29) is 18.5 Å². The lowest BCUT2D eigenvalue weighted by atomic mass is 10.0. The van der Waals surface area contributed by atoms with E-state index < -0.39 is 12.1 Å². The maximum atomic E-state index is 12.4. The average Bonchev–Trinajstić information content (AvgIpc) is 3.34. The number of ether oxygens (including phenoxy) is 1. The Morgan fingerprint density at radius 1 is 0.412 bits per heavy atom. The highest BCUT2D eigenvalue weighted by atomic mass is 16.5. The summed E-state index contributed by atoms with van der Waals surface area (Å²) in [5, 5.41) is 23.1. The number of carbonyl (C=O) groups excluding carboxylic acids is 2. The Morgan fingerprint density at radius 3 is 1.18 bits per heavy atom. The van der Waals surface area contributed by atoms with Gasteiger partial charge in [-0.3, -0.25) is 9.59 Å². The molecule has 0 fully saturated rings. The SMILES string of the molecule is CCCC/C=C\C/C=C\CCCCCCCC(=O)OCCCCCCCCCCCCCC/C=C\CCCCCCCCCC(=O)NC(CO)C(O)/C=C/CCCCCCCCCCCCCC. The first-order valence-electron chi connectivity index (χ1n) is 29.9. The van der Waals surface area contributed by atoms with Crippen molar-refractivity contribution in [1.29, 1.82) is 0 Å². The van der Waals surface area contributed by atoms with E-state index in [2.05, 4.69) is 55.6 Å². The van der Waals surface area contributed by atoms with Crippen molar-refractivity contribution in [2.75, 3.05) is 13.2 Å². The molecule has 6 nitrogen and oxygen atoms in total. The number of unbranched alkanes of at least 4 members (excludes halogenated alkanes) is 38. The van der Waals surface area contributed by atoms with Crippen molar-refractivity contribution >= 4 is 11.9 Å². The number of aliphatic hydroxyl groups excluding tert-OH is 2. The molecule has 0 aromatic rings. The summed E-state index contributed by atoms with van der Waals surface area (Å²) in [4.78, 5) is 24.5. The molecule has 0 aliphatic rings. The fourth-order valence-corrected chi connectivity index (χ4v) is 8.94. The third-order valence-corrected chi connectivity index (χ3v) is 13.6. The molecule has 2 unspecified atom stereocenters. The summed E-state index contributed by atoms with van der Waals surface area (Å²) >= 11 is 0. The molecule has 2 atom stereocenters. The number of nitrogens with one attached hydrogen (secondary N) is 1. The minimum Gasteiger partial charge on any atom is -0.466 e. The Kier molecular flexibility index (Phi) is 55.6. The van der Waals surface area contributed by atoms with Crippen LogP contribution in [0.25, 0.3) is 0 Å². The van der Waals surface area contributed by atoms with Crippen LogP contribution in [0.5, 0.6) is 0 Å². The first-order chi connectivity index (χ1) is 33.5. The van der Waals surface area contributed by atoms with Crippen LogP contribution >= 0.6 is 0 Å². The summed E-state index contributed by atoms with van der Waals surface area (Å²) in [5.74, 6) is -0.0787. The third kappa shape index (κ3) is 53.2. The predicted molar refractivity (Wildman–Crippen MR) is 296 cm³/mol. The van der Waals surface area contributed by atoms with E-state index in [0.717, 1.165) is 57.8 Å². The molecule has 0 spiro atoms. The Bertz CT molecular complexity index is 1150. The Hall–Kier alpha value is -2.18. The summed E-state index contributed by atoms with van der Waals surface area (Å²) in [6.45, 7) is 4.85. The Morgan fingerprint density at radius 2 is 0.750 bits per heavy atom. The van der Waals surface area contributed by atoms with Crippen LogP contribution in [0.2, 0.25) is 0 Å². The van der Waals surface area contributed by atoms with Crippen molar-refractivity contribution in [2.24, 2.45) is 0 Å². The lowest BCUT2D eigenvalue weighted by Gasteiger charge is -2.20. The molecular weight excluding hydrogens is 839 g/mol. The topological polar surface area (TPSA) is 95.9 Å². The highest BCUT2D eigenvalue weighted by Gasteiger charge is 2.18. The van der Waals surface area contributed by atoms with E-state index in [0.29, 0.717) is 19.4 Å². The molecule has 0 heterocycles. The fourth-order valence-electron chi connectivity index (χ4n) is 8.94. The van der Waals surface area contributed by atoms with E-state index >= 15 is 0 Å². The largest absolute Gasteiger partial charge is 0.466 e. The number of hydrogen-bond acceptors (Lipinski definition) is 5. The number of rotatable bonds is 55. The van der Waals surface area contributed by atoms with Gasteiger partial charge in [0.1, 0.15) is 0 Å². The second-order valence-corrected chi connectivity index (χ2v) is 20.3. The molecule has 0 bridgehead atoms. The van der Waals surface area contributed by atoms with Gasteiger partial charge in [-0.15, -0.1) is 0 Å². The van der Waals surface area contributed by atoms with Gasteiger partial charge in [-0.2, -0.15) is 0 Å². The van der Waals surface area contributed by atoms with E-state index in [1.807, 2.05) is 6.08 Å². The first-order valence-corrected chi connectivity index (χ1v) is 29.9. The second kappa shape index (κ2) is 57.4. The van der Waals surface area contributed by atoms with Gasteiger partial charge in [-0.25, -0.2) is 0 Å². The summed E-state index contributed by atoms with van der Waals surface area (Å²) in [6.07, 6.45) is 72.8. The van der Waals surface area contributed by atoms with Crippen LogP contribution in [0, 0.1) is 0 Å². The zero-order chi connectivity index (χ0) is 49.3. The molecule has 6 heteroatoms. The Labute approximate surface area is 423 Å². The number of esters is 1. The molecule has 0 saturated carbocycles. The van der Waals surface area contributed by atoms with Gasteiger partial charge in [0.2, 0.25) is 5.91 Å². The summed E-state index contributed by atoms with van der Waals surface area (Å²) in [5.41, 5.74) is 0. The molecular formula is C62H115NO5. The molecule has 0 aliphatic carbocycles. The van der Waals surface area contributed by atoms with Crippen molar-refractivity contribution < 1.29 is 24.5 Å². The van der Waals surface area contributed by atoms with Gasteiger partial charge in [-0.05, 0) is 83.5 Å². The van der Waals surface area contributed by atoms with Crippen LogP contribution in [-0.2, 0) is 14.3 Å². The van der Waals surface area contributed by atoms with Crippen LogP contribution < -0.4 is 5.32 Å². The molecule has 0 radical (unpaired) electrons. The average molecular weight is 955 g/mol. The standard InChI is InChI=1S/C62H115NO5/c1-3-5-7-9-11-13-15-17-30-34-38-42-46-50-54-60(65)59(58-64)63-61(66)55-51-47-43-39-35-31-28-26-24-22-20-19-21-23-25-27-29-33-37-41-45-49-53-57-68-62(67)56-52-48-44-40-36-32-18-16-14-12-10-8-6-4-2/h10,12,16,18,22,24,50,54,59-60,64-65H,3-9,11,13-15,17,19-21,23,25-49,51-53,55-58H2,1-2H3,(H,63,66)/b12-10-,18-16-,24-22-,54-50+. The van der Waals surface area contributed by atoms with Gasteiger partial charge in [0.25, 0.3) is 0 Å². The summed E-state index contributed by atoms with van der Waals surface area (Å²) < 4.78 is 5.47. The maximum absolute atomic E-state index is 12.4. The molecule has 68 heavy (non-hydrogen) atoms. The quantitative estimate of drug-likeness (QED) is 0.0321. The van der Waals surface area contributed by atoms with E-state index in [1.165, 1.54) is 225 Å². The highest BCUT2D eigenvalue weighted by molar-refractivity contribution is 5.76. The number of aliphatic hydroxyl groups is 2. The second-order valence-electron chi connectivity index (χ2n) is 20.3. The molecule has 0 saturated heterocycles. The lowest BCUT2D eigenvalue weighted by Crippen LogP contribution is -2.45. The monoisotopic (exact) mass is 954 g/mol. The van der Waals surface area contributed by atoms with E-state index in [9.17, 15) is 19.8 Å². The van der Waals surface area contributed by atoms with Crippen molar-refractivity contribution in [3.05, 3.63) is 48.6 Å². The van der Waals surface area contributed by atoms with E-state index in [1.54, 1.807) is 6.08 Å². The minimum absolute atomic E-state index is 0.00417. The molecule has 0 rings (SSSR count). The molecule has 398 valence electrons. The number of hydrogen-bond donors (Lipinski definition) is 3. The van der Waals surface area contributed by atoms with Gasteiger partial charge in [0.15, 0.2) is 0 Å².